The second-order valence-electron chi connectivity index (χ2n) is 6.96. The lowest BCUT2D eigenvalue weighted by Gasteiger charge is -2.26. The Hall–Kier alpha value is -3.57. The van der Waals surface area contributed by atoms with Gasteiger partial charge in [0.2, 0.25) is 0 Å². The molecule has 0 unspecified atom stereocenters. The molecule has 1 saturated heterocycles. The Morgan fingerprint density at radius 1 is 1.13 bits per heavy atom. The minimum atomic E-state index is -0.907. The highest BCUT2D eigenvalue weighted by atomic mass is 16.6. The number of ether oxygens (including phenoxy) is 2. The van der Waals surface area contributed by atoms with E-state index in [-0.39, 0.29) is 17.8 Å². The Kier molecular flexibility index (Phi) is 7.11. The van der Waals surface area contributed by atoms with E-state index in [9.17, 15) is 25.0 Å². The van der Waals surface area contributed by atoms with Gasteiger partial charge in [-0.2, -0.15) is 0 Å². The number of nitro groups is 2. The highest BCUT2D eigenvalue weighted by Gasteiger charge is 2.28. The molecule has 164 valence electrons. The molecule has 0 atom stereocenters. The number of rotatable bonds is 8. The molecule has 0 amide bonds. The fourth-order valence-corrected chi connectivity index (χ4v) is 3.36. The van der Waals surface area contributed by atoms with Crippen LogP contribution in [-0.2, 0) is 22.6 Å². The van der Waals surface area contributed by atoms with Crippen molar-refractivity contribution in [2.24, 2.45) is 0 Å². The summed E-state index contributed by atoms with van der Waals surface area (Å²) in [4.78, 5) is 35.5. The van der Waals surface area contributed by atoms with E-state index in [1.807, 2.05) is 24.3 Å². The maximum absolute atomic E-state index is 12.1. The first-order valence-electron chi connectivity index (χ1n) is 9.56. The molecule has 0 saturated carbocycles. The number of hydrogen-bond acceptors (Lipinski definition) is 9. The molecule has 3 rings (SSSR count). The van der Waals surface area contributed by atoms with E-state index >= 15 is 0 Å². The number of carbonyl (C=O) groups is 1. The van der Waals surface area contributed by atoms with Gasteiger partial charge in [-0.3, -0.25) is 25.1 Å². The van der Waals surface area contributed by atoms with Crippen molar-refractivity contribution in [3.8, 4) is 0 Å². The molecule has 1 aliphatic heterocycles. The molecule has 0 spiro atoms. The molecule has 0 bridgehead atoms. The average Bonchev–Trinajstić information content (AvgIpc) is 2.77. The average molecular weight is 430 g/mol. The number of non-ortho nitro benzene ring substituents is 1. The molecule has 1 heterocycles. The summed E-state index contributed by atoms with van der Waals surface area (Å²) >= 11 is 0. The number of esters is 1. The molecule has 11 heteroatoms. The second kappa shape index (κ2) is 9.96. The Balaban J connectivity index is 1.85. The lowest BCUT2D eigenvalue weighted by Crippen LogP contribution is -2.35. The number of anilines is 1. The van der Waals surface area contributed by atoms with E-state index in [2.05, 4.69) is 15.0 Å². The summed E-state index contributed by atoms with van der Waals surface area (Å²) < 4.78 is 10.0. The van der Waals surface area contributed by atoms with Gasteiger partial charge in [-0.1, -0.05) is 24.3 Å². The van der Waals surface area contributed by atoms with Crippen molar-refractivity contribution >= 4 is 23.0 Å². The van der Waals surface area contributed by atoms with Gasteiger partial charge in [-0.25, -0.2) is 4.79 Å². The minimum Gasteiger partial charge on any atom is -0.465 e. The van der Waals surface area contributed by atoms with E-state index in [1.54, 1.807) is 0 Å². The summed E-state index contributed by atoms with van der Waals surface area (Å²) in [5.41, 5.74) is 0.389. The van der Waals surface area contributed by atoms with E-state index in [4.69, 9.17) is 4.74 Å². The number of morpholine rings is 1. The lowest BCUT2D eigenvalue weighted by molar-refractivity contribution is -0.393. The Labute approximate surface area is 177 Å². The molecule has 0 radical (unpaired) electrons. The van der Waals surface area contributed by atoms with E-state index in [0.29, 0.717) is 13.2 Å². The molecule has 0 aromatic heterocycles. The summed E-state index contributed by atoms with van der Waals surface area (Å²) in [6.07, 6.45) is 0. The van der Waals surface area contributed by atoms with E-state index in [1.165, 1.54) is 0 Å². The summed E-state index contributed by atoms with van der Waals surface area (Å²) in [5.74, 6) is -0.907. The minimum absolute atomic E-state index is 0.124. The number of nitrogens with one attached hydrogen (secondary N) is 1. The smallest absolute Gasteiger partial charge is 0.340 e. The van der Waals surface area contributed by atoms with Crippen LogP contribution in [0.4, 0.5) is 17.1 Å². The van der Waals surface area contributed by atoms with E-state index in [0.717, 1.165) is 50.0 Å². The molecule has 31 heavy (non-hydrogen) atoms. The molecule has 1 aliphatic rings. The summed E-state index contributed by atoms with van der Waals surface area (Å²) in [6, 6.07) is 9.49. The Bertz CT molecular complexity index is 989. The molecular formula is C20H22N4O7. The third kappa shape index (κ3) is 5.53. The zero-order valence-corrected chi connectivity index (χ0v) is 16.9. The van der Waals surface area contributed by atoms with Crippen molar-refractivity contribution in [1.82, 2.24) is 4.90 Å². The van der Waals surface area contributed by atoms with Crippen LogP contribution in [0.5, 0.6) is 0 Å². The van der Waals surface area contributed by atoms with Gasteiger partial charge < -0.3 is 14.8 Å². The van der Waals surface area contributed by atoms with Gasteiger partial charge in [0.05, 0.1) is 41.8 Å². The molecule has 2 aromatic rings. The quantitative estimate of drug-likeness (QED) is 0.380. The van der Waals surface area contributed by atoms with Gasteiger partial charge in [-0.15, -0.1) is 0 Å². The third-order valence-electron chi connectivity index (χ3n) is 4.89. The third-order valence-corrected chi connectivity index (χ3v) is 4.89. The van der Waals surface area contributed by atoms with Crippen molar-refractivity contribution < 1.29 is 24.1 Å². The van der Waals surface area contributed by atoms with Crippen molar-refractivity contribution in [3.63, 3.8) is 0 Å². The molecule has 0 aliphatic carbocycles. The van der Waals surface area contributed by atoms with Crippen LogP contribution in [0.3, 0.4) is 0 Å². The predicted octanol–water partition coefficient (Wildman–Crippen LogP) is 2.73. The number of carbonyl (C=O) groups excluding carboxylic acids is 1. The van der Waals surface area contributed by atoms with Gasteiger partial charge in [0.25, 0.3) is 11.4 Å². The normalized spacial score (nSPS) is 14.1. The highest BCUT2D eigenvalue weighted by molar-refractivity contribution is 5.99. The maximum Gasteiger partial charge on any atom is 0.340 e. The van der Waals surface area contributed by atoms with E-state index < -0.39 is 27.2 Å². The van der Waals surface area contributed by atoms with Gasteiger partial charge in [0, 0.05) is 32.2 Å². The van der Waals surface area contributed by atoms with Crippen LogP contribution in [0.1, 0.15) is 21.5 Å². The van der Waals surface area contributed by atoms with Crippen molar-refractivity contribution in [3.05, 3.63) is 73.3 Å². The first kappa shape index (κ1) is 22.1. The second-order valence-corrected chi connectivity index (χ2v) is 6.96. The maximum atomic E-state index is 12.1. The zero-order valence-electron chi connectivity index (χ0n) is 16.9. The summed E-state index contributed by atoms with van der Waals surface area (Å²) in [5, 5.41) is 25.5. The fourth-order valence-electron chi connectivity index (χ4n) is 3.36. The molecule has 11 nitrogen and oxygen atoms in total. The van der Waals surface area contributed by atoms with Crippen molar-refractivity contribution in [1.29, 1.82) is 0 Å². The van der Waals surface area contributed by atoms with Crippen LogP contribution >= 0.6 is 0 Å². The number of nitrogens with zero attached hydrogens (tertiary/aromatic N) is 3. The fraction of sp³-hybridized carbons (Fsp3) is 0.350. The van der Waals surface area contributed by atoms with Crippen LogP contribution < -0.4 is 5.32 Å². The van der Waals surface area contributed by atoms with Crippen molar-refractivity contribution in [2.75, 3.05) is 38.7 Å². The molecule has 1 fully saturated rings. The number of benzene rings is 2. The lowest BCUT2D eigenvalue weighted by atomic mass is 10.1. The van der Waals surface area contributed by atoms with Gasteiger partial charge in [0.1, 0.15) is 5.69 Å². The molecule has 1 N–H and O–H groups in total. The van der Waals surface area contributed by atoms with Crippen LogP contribution in [0.2, 0.25) is 0 Å². The number of nitro benzene ring substituents is 2. The van der Waals surface area contributed by atoms with Gasteiger partial charge in [-0.05, 0) is 11.1 Å². The van der Waals surface area contributed by atoms with Crippen molar-refractivity contribution in [2.45, 2.75) is 13.1 Å². The summed E-state index contributed by atoms with van der Waals surface area (Å²) in [7, 11) is 1.10. The first-order valence-corrected chi connectivity index (χ1v) is 9.56. The summed E-state index contributed by atoms with van der Waals surface area (Å²) in [6.45, 7) is 4.02. The monoisotopic (exact) mass is 430 g/mol. The largest absolute Gasteiger partial charge is 0.465 e. The zero-order chi connectivity index (χ0) is 22.4. The number of methoxy groups -OCH3 is 1. The topological polar surface area (TPSA) is 137 Å². The van der Waals surface area contributed by atoms with Crippen LogP contribution in [-0.4, -0.2) is 54.1 Å². The Morgan fingerprint density at radius 2 is 1.84 bits per heavy atom. The van der Waals surface area contributed by atoms with Crippen LogP contribution in [0.25, 0.3) is 0 Å². The highest BCUT2D eigenvalue weighted by Crippen LogP contribution is 2.34. The SMILES string of the molecule is COC(=O)c1cc([N+](=O)[O-])cc([N+](=O)[O-])c1NCc1cccc(CN2CCOCC2)c1. The van der Waals surface area contributed by atoms with Crippen LogP contribution in [0.15, 0.2) is 36.4 Å². The van der Waals surface area contributed by atoms with Crippen LogP contribution in [0, 0.1) is 20.2 Å². The predicted molar refractivity (Wildman–Crippen MR) is 111 cm³/mol. The van der Waals surface area contributed by atoms with Gasteiger partial charge in [0.15, 0.2) is 0 Å². The number of hydrogen-bond donors (Lipinski definition) is 1. The standard InChI is InChI=1S/C20H22N4O7/c1-30-20(25)17-10-16(23(26)27)11-18(24(28)29)19(17)21-12-14-3-2-4-15(9-14)13-22-5-7-31-8-6-22/h2-4,9-11,21H,5-8,12-13H2,1H3. The Morgan fingerprint density at radius 3 is 2.48 bits per heavy atom. The molecule has 2 aromatic carbocycles. The van der Waals surface area contributed by atoms with Gasteiger partial charge >= 0.3 is 5.97 Å². The molecular weight excluding hydrogens is 408 g/mol. The first-order chi connectivity index (χ1) is 14.9.